The molecule has 2 aromatic rings. The fourth-order valence-electron chi connectivity index (χ4n) is 3.57. The summed E-state index contributed by atoms with van der Waals surface area (Å²) in [5.41, 5.74) is 3.09. The van der Waals surface area contributed by atoms with Crippen LogP contribution < -0.4 is 0 Å². The Morgan fingerprint density at radius 1 is 1.04 bits per heavy atom. The van der Waals surface area contributed by atoms with Gasteiger partial charge in [0.2, 0.25) is 6.10 Å². The number of oxime groups is 1. The Hall–Kier alpha value is -1.70. The number of hydrogen-bond donors (Lipinski definition) is 0. The van der Waals surface area contributed by atoms with Crippen molar-refractivity contribution in [3.05, 3.63) is 68.6 Å². The number of benzene rings is 2. The lowest BCUT2D eigenvalue weighted by molar-refractivity contribution is -0.143. The van der Waals surface area contributed by atoms with Gasteiger partial charge in [-0.05, 0) is 29.8 Å². The van der Waals surface area contributed by atoms with E-state index in [0.29, 0.717) is 6.42 Å². The minimum Gasteiger partial charge on any atom is -0.382 e. The van der Waals surface area contributed by atoms with Crippen LogP contribution in [-0.2, 0) is 16.2 Å². The molecule has 1 atom stereocenters. The van der Waals surface area contributed by atoms with E-state index in [9.17, 15) is 4.79 Å². The molecule has 2 heterocycles. The van der Waals surface area contributed by atoms with E-state index >= 15 is 0 Å². The van der Waals surface area contributed by atoms with Crippen molar-refractivity contribution in [3.8, 4) is 0 Å². The van der Waals surface area contributed by atoms with Crippen molar-refractivity contribution in [3.63, 3.8) is 0 Å². The summed E-state index contributed by atoms with van der Waals surface area (Å²) in [6, 6.07) is 16.3. The summed E-state index contributed by atoms with van der Waals surface area (Å²) >= 11 is 6.99. The lowest BCUT2D eigenvalue weighted by Gasteiger charge is -2.35. The van der Waals surface area contributed by atoms with Gasteiger partial charge >= 0.3 is 0 Å². The zero-order valence-corrected chi connectivity index (χ0v) is 18.5. The SMILES string of the molecule is O=C(C1CC(c2cccc(Br)c2)=NO1)N1CCN(Cc2cccc(Br)c2)CC1. The maximum atomic E-state index is 12.8. The van der Waals surface area contributed by atoms with Crippen LogP contribution in [0.3, 0.4) is 0 Å². The Morgan fingerprint density at radius 3 is 2.46 bits per heavy atom. The van der Waals surface area contributed by atoms with Gasteiger partial charge in [0.25, 0.3) is 5.91 Å². The molecule has 0 radical (unpaired) electrons. The molecule has 0 bridgehead atoms. The molecule has 1 amide bonds. The smallest absolute Gasteiger partial charge is 0.266 e. The van der Waals surface area contributed by atoms with Gasteiger partial charge < -0.3 is 9.74 Å². The molecule has 5 nitrogen and oxygen atoms in total. The molecular formula is C21H21Br2N3O2. The van der Waals surface area contributed by atoms with Crippen molar-refractivity contribution < 1.29 is 9.63 Å². The number of halogens is 2. The standard InChI is InChI=1S/C21H21Br2N3O2/c22-17-5-1-3-15(11-17)14-25-7-9-26(10-8-25)21(27)20-13-19(24-28-20)16-4-2-6-18(23)12-16/h1-6,11-12,20H,7-10,13-14H2. The molecule has 1 fully saturated rings. The van der Waals surface area contributed by atoms with Crippen LogP contribution in [0, 0.1) is 0 Å². The highest BCUT2D eigenvalue weighted by Gasteiger charge is 2.33. The van der Waals surface area contributed by atoms with Gasteiger partial charge in [-0.2, -0.15) is 0 Å². The molecule has 1 saturated heterocycles. The minimum atomic E-state index is -0.509. The molecule has 2 aliphatic rings. The molecule has 28 heavy (non-hydrogen) atoms. The molecule has 7 heteroatoms. The predicted octanol–water partition coefficient (Wildman–Crippen LogP) is 4.05. The van der Waals surface area contributed by atoms with Gasteiger partial charge in [0.1, 0.15) is 0 Å². The van der Waals surface area contributed by atoms with E-state index < -0.39 is 6.10 Å². The highest BCUT2D eigenvalue weighted by molar-refractivity contribution is 9.10. The number of rotatable bonds is 4. The summed E-state index contributed by atoms with van der Waals surface area (Å²) in [4.78, 5) is 22.6. The van der Waals surface area contributed by atoms with E-state index in [0.717, 1.165) is 52.9 Å². The quantitative estimate of drug-likeness (QED) is 0.628. The first-order valence-corrected chi connectivity index (χ1v) is 10.9. The van der Waals surface area contributed by atoms with E-state index in [4.69, 9.17) is 4.84 Å². The third kappa shape index (κ3) is 4.64. The van der Waals surface area contributed by atoms with Crippen molar-refractivity contribution in [2.75, 3.05) is 26.2 Å². The summed E-state index contributed by atoms with van der Waals surface area (Å²) < 4.78 is 2.09. The van der Waals surface area contributed by atoms with Crippen molar-refractivity contribution in [2.24, 2.45) is 5.16 Å². The largest absolute Gasteiger partial charge is 0.382 e. The Bertz CT molecular complexity index is 895. The first-order chi connectivity index (χ1) is 13.6. The molecule has 0 N–H and O–H groups in total. The van der Waals surface area contributed by atoms with Crippen LogP contribution in [0.25, 0.3) is 0 Å². The van der Waals surface area contributed by atoms with Crippen LogP contribution in [0.15, 0.2) is 62.6 Å². The first-order valence-electron chi connectivity index (χ1n) is 9.33. The third-order valence-electron chi connectivity index (χ3n) is 5.08. The lowest BCUT2D eigenvalue weighted by atomic mass is 10.0. The zero-order chi connectivity index (χ0) is 19.5. The summed E-state index contributed by atoms with van der Waals surface area (Å²) in [7, 11) is 0. The van der Waals surface area contributed by atoms with Crippen LogP contribution >= 0.6 is 31.9 Å². The molecule has 2 aliphatic heterocycles. The number of nitrogens with zero attached hydrogens (tertiary/aromatic N) is 3. The van der Waals surface area contributed by atoms with Gasteiger partial charge in [0.15, 0.2) is 0 Å². The van der Waals surface area contributed by atoms with Crippen molar-refractivity contribution in [1.29, 1.82) is 0 Å². The highest BCUT2D eigenvalue weighted by atomic mass is 79.9. The van der Waals surface area contributed by atoms with Gasteiger partial charge in [0, 0.05) is 53.7 Å². The lowest BCUT2D eigenvalue weighted by Crippen LogP contribution is -2.51. The van der Waals surface area contributed by atoms with Crippen LogP contribution in [-0.4, -0.2) is 53.7 Å². The molecule has 2 aromatic carbocycles. The third-order valence-corrected chi connectivity index (χ3v) is 6.07. The molecule has 4 rings (SSSR count). The molecule has 0 saturated carbocycles. The minimum absolute atomic E-state index is 0.0378. The second kappa shape index (κ2) is 8.76. The molecule has 0 aromatic heterocycles. The van der Waals surface area contributed by atoms with E-state index in [2.05, 4.69) is 60.1 Å². The van der Waals surface area contributed by atoms with Crippen LogP contribution in [0.2, 0.25) is 0 Å². The van der Waals surface area contributed by atoms with E-state index in [1.165, 1.54) is 5.56 Å². The molecule has 1 unspecified atom stereocenters. The van der Waals surface area contributed by atoms with E-state index in [1.807, 2.05) is 35.2 Å². The Kier molecular flexibility index (Phi) is 6.13. The van der Waals surface area contributed by atoms with Gasteiger partial charge in [-0.25, -0.2) is 0 Å². The number of amides is 1. The van der Waals surface area contributed by atoms with Gasteiger partial charge in [-0.1, -0.05) is 61.3 Å². The number of piperazine rings is 1. The molecular weight excluding hydrogens is 486 g/mol. The fourth-order valence-corrected chi connectivity index (χ4v) is 4.42. The van der Waals surface area contributed by atoms with Gasteiger partial charge in [-0.15, -0.1) is 0 Å². The summed E-state index contributed by atoms with van der Waals surface area (Å²) in [5, 5.41) is 4.16. The molecule has 0 aliphatic carbocycles. The van der Waals surface area contributed by atoms with Crippen molar-refractivity contribution in [1.82, 2.24) is 9.80 Å². The van der Waals surface area contributed by atoms with E-state index in [1.54, 1.807) is 0 Å². The predicted molar refractivity (Wildman–Crippen MR) is 116 cm³/mol. The topological polar surface area (TPSA) is 45.1 Å². The monoisotopic (exact) mass is 505 g/mol. The van der Waals surface area contributed by atoms with Crippen LogP contribution in [0.4, 0.5) is 0 Å². The first kappa shape index (κ1) is 19.6. The van der Waals surface area contributed by atoms with Gasteiger partial charge in [-0.3, -0.25) is 9.69 Å². The summed E-state index contributed by atoms with van der Waals surface area (Å²) in [6.45, 7) is 4.07. The highest BCUT2D eigenvalue weighted by Crippen LogP contribution is 2.22. The van der Waals surface area contributed by atoms with Crippen LogP contribution in [0.5, 0.6) is 0 Å². The number of carbonyl (C=O) groups is 1. The average Bonchev–Trinajstić information content (AvgIpc) is 3.18. The fraction of sp³-hybridized carbons (Fsp3) is 0.333. The Morgan fingerprint density at radius 2 is 1.75 bits per heavy atom. The summed E-state index contributed by atoms with van der Waals surface area (Å²) in [5.74, 6) is 0.0378. The summed E-state index contributed by atoms with van der Waals surface area (Å²) in [6.07, 6.45) is 0.0127. The zero-order valence-electron chi connectivity index (χ0n) is 15.4. The second-order valence-electron chi connectivity index (χ2n) is 7.08. The molecule has 0 spiro atoms. The van der Waals surface area contributed by atoms with Crippen molar-refractivity contribution in [2.45, 2.75) is 19.1 Å². The van der Waals surface area contributed by atoms with Gasteiger partial charge in [0.05, 0.1) is 5.71 Å². The van der Waals surface area contributed by atoms with Crippen LogP contribution in [0.1, 0.15) is 17.5 Å². The number of hydrogen-bond acceptors (Lipinski definition) is 4. The normalized spacial score (nSPS) is 20.0. The Labute approximate surface area is 181 Å². The maximum absolute atomic E-state index is 12.8. The number of carbonyl (C=O) groups excluding carboxylic acids is 1. The second-order valence-corrected chi connectivity index (χ2v) is 8.91. The Balaban J connectivity index is 1.29. The van der Waals surface area contributed by atoms with Crippen molar-refractivity contribution >= 4 is 43.5 Å². The average molecular weight is 507 g/mol. The maximum Gasteiger partial charge on any atom is 0.266 e. The van der Waals surface area contributed by atoms with E-state index in [-0.39, 0.29) is 5.91 Å². The molecule has 146 valence electrons.